The number of hydrogen-bond donors (Lipinski definition) is 0. The van der Waals surface area contributed by atoms with Gasteiger partial charge in [-0.15, -0.1) is 0 Å². The fraction of sp³-hybridized carbons (Fsp3) is 0.158. The van der Waals surface area contributed by atoms with E-state index in [1.807, 2.05) is 13.0 Å². The molecule has 0 fully saturated rings. The van der Waals surface area contributed by atoms with Crippen molar-refractivity contribution in [2.24, 2.45) is 0 Å². The topological polar surface area (TPSA) is 50.8 Å². The molecule has 26 heavy (non-hydrogen) atoms. The molecule has 7 heteroatoms. The quantitative estimate of drug-likeness (QED) is 0.655. The molecule has 0 aliphatic rings. The third-order valence-corrected chi connectivity index (χ3v) is 4.24. The van der Waals surface area contributed by atoms with Crippen LogP contribution in [0, 0.1) is 36.8 Å². The van der Waals surface area contributed by atoms with Gasteiger partial charge in [-0.3, -0.25) is 0 Å². The predicted molar refractivity (Wildman–Crippen MR) is 93.5 cm³/mol. The Morgan fingerprint density at radius 1 is 1.19 bits per heavy atom. The lowest BCUT2D eigenvalue weighted by atomic mass is 10.2. The van der Waals surface area contributed by atoms with Crippen LogP contribution in [-0.4, -0.2) is 9.78 Å². The first-order chi connectivity index (χ1) is 12.4. The molecule has 1 heterocycles. The van der Waals surface area contributed by atoms with Crippen molar-refractivity contribution in [1.29, 1.82) is 5.26 Å². The Morgan fingerprint density at radius 2 is 1.96 bits per heavy atom. The van der Waals surface area contributed by atoms with Crippen LogP contribution in [0.4, 0.5) is 8.78 Å². The Hall–Kier alpha value is -2.91. The van der Waals surface area contributed by atoms with Crippen molar-refractivity contribution < 1.29 is 13.5 Å². The second-order valence-electron chi connectivity index (χ2n) is 5.71. The van der Waals surface area contributed by atoms with Gasteiger partial charge in [0.1, 0.15) is 30.0 Å². The fourth-order valence-electron chi connectivity index (χ4n) is 2.60. The molecule has 132 valence electrons. The molecule has 0 atom stereocenters. The Kier molecular flexibility index (Phi) is 4.92. The summed E-state index contributed by atoms with van der Waals surface area (Å²) in [4.78, 5) is 0. The first-order valence-corrected chi connectivity index (χ1v) is 8.11. The van der Waals surface area contributed by atoms with Gasteiger partial charge in [-0.25, -0.2) is 13.5 Å². The zero-order valence-corrected chi connectivity index (χ0v) is 14.8. The number of hydrogen-bond acceptors (Lipinski definition) is 3. The summed E-state index contributed by atoms with van der Waals surface area (Å²) >= 11 is 6.08. The Balaban J connectivity index is 1.88. The number of benzene rings is 2. The lowest BCUT2D eigenvalue weighted by Gasteiger charge is -2.09. The van der Waals surface area contributed by atoms with Crippen LogP contribution in [0.25, 0.3) is 5.69 Å². The van der Waals surface area contributed by atoms with Crippen LogP contribution < -0.4 is 4.74 Å². The molecule has 2 aromatic carbocycles. The van der Waals surface area contributed by atoms with E-state index in [0.717, 1.165) is 6.07 Å². The van der Waals surface area contributed by atoms with E-state index < -0.39 is 11.6 Å². The van der Waals surface area contributed by atoms with Crippen LogP contribution in [0.2, 0.25) is 5.02 Å². The van der Waals surface area contributed by atoms with E-state index in [9.17, 15) is 8.78 Å². The first-order valence-electron chi connectivity index (χ1n) is 7.73. The number of aryl methyl sites for hydroxylation is 1. The van der Waals surface area contributed by atoms with Crippen molar-refractivity contribution in [3.8, 4) is 17.5 Å². The summed E-state index contributed by atoms with van der Waals surface area (Å²) in [6, 6.07) is 10.3. The SMILES string of the molecule is Cc1nn(-c2ccc(C#N)c(Cl)c2)c(C)c1OCc1ccc(F)cc1F. The van der Waals surface area contributed by atoms with E-state index in [4.69, 9.17) is 21.6 Å². The van der Waals surface area contributed by atoms with E-state index in [1.165, 1.54) is 12.1 Å². The highest BCUT2D eigenvalue weighted by atomic mass is 35.5. The monoisotopic (exact) mass is 373 g/mol. The highest BCUT2D eigenvalue weighted by Crippen LogP contribution is 2.28. The van der Waals surface area contributed by atoms with Crippen molar-refractivity contribution >= 4 is 11.6 Å². The molecule has 1 aromatic heterocycles. The predicted octanol–water partition coefficient (Wildman–Crippen LogP) is 4.87. The summed E-state index contributed by atoms with van der Waals surface area (Å²) in [5.74, 6) is -0.787. The summed E-state index contributed by atoms with van der Waals surface area (Å²) in [5.41, 5.74) is 2.62. The zero-order chi connectivity index (χ0) is 18.8. The molecule has 4 nitrogen and oxygen atoms in total. The van der Waals surface area contributed by atoms with Gasteiger partial charge in [-0.2, -0.15) is 10.4 Å². The zero-order valence-electron chi connectivity index (χ0n) is 14.1. The highest BCUT2D eigenvalue weighted by molar-refractivity contribution is 6.31. The second-order valence-corrected chi connectivity index (χ2v) is 6.12. The van der Waals surface area contributed by atoms with Gasteiger partial charge in [0.25, 0.3) is 0 Å². The van der Waals surface area contributed by atoms with E-state index in [-0.39, 0.29) is 12.2 Å². The molecule has 0 bridgehead atoms. The molecule has 3 rings (SSSR count). The second kappa shape index (κ2) is 7.14. The number of rotatable bonds is 4. The summed E-state index contributed by atoms with van der Waals surface area (Å²) < 4.78 is 34.1. The number of halogens is 3. The Morgan fingerprint density at radius 3 is 2.62 bits per heavy atom. The van der Waals surface area contributed by atoms with Gasteiger partial charge in [0.2, 0.25) is 0 Å². The minimum Gasteiger partial charge on any atom is -0.485 e. The maximum absolute atomic E-state index is 13.8. The number of nitrogens with zero attached hydrogens (tertiary/aromatic N) is 3. The number of ether oxygens (including phenoxy) is 1. The fourth-order valence-corrected chi connectivity index (χ4v) is 2.82. The first kappa shape index (κ1) is 17.9. The third-order valence-electron chi connectivity index (χ3n) is 3.93. The smallest absolute Gasteiger partial charge is 0.163 e. The van der Waals surface area contributed by atoms with Crippen molar-refractivity contribution in [3.63, 3.8) is 0 Å². The average molecular weight is 374 g/mol. The minimum atomic E-state index is -0.661. The Bertz CT molecular complexity index is 1020. The number of nitriles is 1. The van der Waals surface area contributed by atoms with Crippen molar-refractivity contribution in [2.45, 2.75) is 20.5 Å². The molecule has 0 aliphatic heterocycles. The largest absolute Gasteiger partial charge is 0.485 e. The van der Waals surface area contributed by atoms with Crippen LogP contribution in [-0.2, 0) is 6.61 Å². The van der Waals surface area contributed by atoms with Gasteiger partial charge in [0.05, 0.1) is 22.0 Å². The molecular weight excluding hydrogens is 360 g/mol. The molecule has 0 spiro atoms. The maximum Gasteiger partial charge on any atom is 0.163 e. The summed E-state index contributed by atoms with van der Waals surface area (Å²) in [5, 5.41) is 13.7. The molecule has 0 amide bonds. The van der Waals surface area contributed by atoms with Crippen molar-refractivity contribution in [1.82, 2.24) is 9.78 Å². The van der Waals surface area contributed by atoms with Crippen LogP contribution >= 0.6 is 11.6 Å². The van der Waals surface area contributed by atoms with Gasteiger partial charge in [-0.05, 0) is 44.2 Å². The Labute approximate surface area is 154 Å². The summed E-state index contributed by atoms with van der Waals surface area (Å²) in [6.07, 6.45) is 0. The maximum atomic E-state index is 13.8. The van der Waals surface area contributed by atoms with E-state index in [1.54, 1.807) is 29.8 Å². The lowest BCUT2D eigenvalue weighted by Crippen LogP contribution is -2.02. The molecule has 0 aliphatic carbocycles. The van der Waals surface area contributed by atoms with E-state index in [0.29, 0.717) is 33.4 Å². The van der Waals surface area contributed by atoms with E-state index in [2.05, 4.69) is 5.10 Å². The van der Waals surface area contributed by atoms with Gasteiger partial charge in [0.15, 0.2) is 5.75 Å². The van der Waals surface area contributed by atoms with E-state index >= 15 is 0 Å². The summed E-state index contributed by atoms with van der Waals surface area (Å²) in [6.45, 7) is 3.53. The minimum absolute atomic E-state index is 0.0480. The van der Waals surface area contributed by atoms with Gasteiger partial charge < -0.3 is 4.74 Å². The van der Waals surface area contributed by atoms with Gasteiger partial charge >= 0.3 is 0 Å². The molecular formula is C19H14ClF2N3O. The molecule has 0 unspecified atom stereocenters. The van der Waals surface area contributed by atoms with Crippen LogP contribution in [0.5, 0.6) is 5.75 Å². The van der Waals surface area contributed by atoms with Crippen molar-refractivity contribution in [2.75, 3.05) is 0 Å². The lowest BCUT2D eigenvalue weighted by molar-refractivity contribution is 0.295. The molecule has 0 N–H and O–H groups in total. The average Bonchev–Trinajstić information content (AvgIpc) is 2.88. The van der Waals surface area contributed by atoms with Crippen LogP contribution in [0.1, 0.15) is 22.5 Å². The molecule has 0 saturated carbocycles. The molecule has 0 radical (unpaired) electrons. The summed E-state index contributed by atoms with van der Waals surface area (Å²) in [7, 11) is 0. The normalized spacial score (nSPS) is 10.6. The third kappa shape index (κ3) is 3.39. The number of aromatic nitrogens is 2. The van der Waals surface area contributed by atoms with Crippen LogP contribution in [0.15, 0.2) is 36.4 Å². The van der Waals surface area contributed by atoms with Gasteiger partial charge in [-0.1, -0.05) is 11.6 Å². The van der Waals surface area contributed by atoms with Crippen LogP contribution in [0.3, 0.4) is 0 Å². The highest BCUT2D eigenvalue weighted by Gasteiger charge is 2.16. The molecule has 3 aromatic rings. The van der Waals surface area contributed by atoms with Crippen molar-refractivity contribution in [3.05, 3.63) is 75.6 Å². The van der Waals surface area contributed by atoms with Gasteiger partial charge in [0, 0.05) is 11.6 Å². The standard InChI is InChI=1S/C19H14ClF2N3O/c1-11-19(26-10-14-3-5-15(21)7-18(14)22)12(2)25(24-11)16-6-4-13(9-23)17(20)8-16/h3-8H,10H2,1-2H3. The molecule has 0 saturated heterocycles.